The van der Waals surface area contributed by atoms with Gasteiger partial charge in [0.25, 0.3) is 0 Å². The predicted molar refractivity (Wildman–Crippen MR) is 106 cm³/mol. The van der Waals surface area contributed by atoms with Crippen LogP contribution in [-0.4, -0.2) is 46.2 Å². The highest BCUT2D eigenvalue weighted by atomic mass is 32.1. The molecular weight excluding hydrogens is 378 g/mol. The van der Waals surface area contributed by atoms with Crippen LogP contribution in [0.25, 0.3) is 11.4 Å². The van der Waals surface area contributed by atoms with E-state index < -0.39 is 11.6 Å². The van der Waals surface area contributed by atoms with Crippen LogP contribution in [0.4, 0.5) is 4.79 Å². The Bertz CT molecular complexity index is 859. The Morgan fingerprint density at radius 3 is 2.68 bits per heavy atom. The first-order chi connectivity index (χ1) is 13.3. The van der Waals surface area contributed by atoms with E-state index in [1.807, 2.05) is 26.2 Å². The second-order valence-corrected chi connectivity index (χ2v) is 8.55. The van der Waals surface area contributed by atoms with Gasteiger partial charge in [-0.1, -0.05) is 6.07 Å². The average molecular weight is 404 g/mol. The second kappa shape index (κ2) is 8.26. The fraction of sp³-hybridized carbons (Fsp3) is 0.500. The van der Waals surface area contributed by atoms with Gasteiger partial charge in [0.1, 0.15) is 16.3 Å². The van der Waals surface area contributed by atoms with Crippen molar-refractivity contribution in [1.29, 1.82) is 0 Å². The molecule has 1 aliphatic heterocycles. The van der Waals surface area contributed by atoms with Crippen molar-refractivity contribution in [3.63, 3.8) is 0 Å². The fourth-order valence-electron chi connectivity index (χ4n) is 3.08. The van der Waals surface area contributed by atoms with Crippen LogP contribution in [0.15, 0.2) is 23.6 Å². The second-order valence-electron chi connectivity index (χ2n) is 7.66. The predicted octanol–water partition coefficient (Wildman–Crippen LogP) is 4.45. The van der Waals surface area contributed by atoms with Gasteiger partial charge in [0.15, 0.2) is 0 Å². The van der Waals surface area contributed by atoms with E-state index in [0.717, 1.165) is 24.3 Å². The molecule has 2 aromatic heterocycles. The Morgan fingerprint density at radius 2 is 1.96 bits per heavy atom. The SMILES string of the molecule is COC(=O)c1cccc(-c2csc(C3CCCCN3C(=O)OC(C)(C)C)n2)n1. The quantitative estimate of drug-likeness (QED) is 0.704. The van der Waals surface area contributed by atoms with E-state index in [4.69, 9.17) is 14.5 Å². The van der Waals surface area contributed by atoms with E-state index in [-0.39, 0.29) is 17.8 Å². The zero-order valence-electron chi connectivity index (χ0n) is 16.6. The molecule has 1 saturated heterocycles. The normalized spacial score (nSPS) is 17.3. The number of thiazole rings is 1. The van der Waals surface area contributed by atoms with Gasteiger partial charge >= 0.3 is 12.1 Å². The standard InChI is InChI=1S/C20H25N3O4S/c1-20(2,3)27-19(25)23-11-6-5-10-16(23)17-22-15(12-28-17)13-8-7-9-14(21-13)18(24)26-4/h7-9,12,16H,5-6,10-11H2,1-4H3. The molecule has 1 amide bonds. The summed E-state index contributed by atoms with van der Waals surface area (Å²) in [6.07, 6.45) is 2.53. The van der Waals surface area contributed by atoms with E-state index >= 15 is 0 Å². The minimum absolute atomic E-state index is 0.105. The summed E-state index contributed by atoms with van der Waals surface area (Å²) in [5.41, 5.74) is 0.985. The van der Waals surface area contributed by atoms with Crippen molar-refractivity contribution >= 4 is 23.4 Å². The third kappa shape index (κ3) is 4.67. The molecular formula is C20H25N3O4S. The molecule has 0 aliphatic carbocycles. The number of aromatic nitrogens is 2. The Labute approximate surface area is 168 Å². The summed E-state index contributed by atoms with van der Waals surface area (Å²) >= 11 is 1.49. The van der Waals surface area contributed by atoms with E-state index in [9.17, 15) is 9.59 Å². The van der Waals surface area contributed by atoms with Gasteiger partial charge in [-0.3, -0.25) is 4.90 Å². The summed E-state index contributed by atoms with van der Waals surface area (Å²) in [4.78, 5) is 35.2. The van der Waals surface area contributed by atoms with E-state index in [1.54, 1.807) is 23.1 Å². The van der Waals surface area contributed by atoms with E-state index in [2.05, 4.69) is 4.98 Å². The van der Waals surface area contributed by atoms with Crippen molar-refractivity contribution in [2.75, 3.05) is 13.7 Å². The molecule has 0 N–H and O–H groups in total. The number of hydrogen-bond donors (Lipinski definition) is 0. The van der Waals surface area contributed by atoms with Crippen molar-refractivity contribution in [3.05, 3.63) is 34.3 Å². The third-order valence-electron chi connectivity index (χ3n) is 4.34. The fourth-order valence-corrected chi connectivity index (χ4v) is 4.04. The highest BCUT2D eigenvalue weighted by Crippen LogP contribution is 2.35. The third-order valence-corrected chi connectivity index (χ3v) is 5.29. The van der Waals surface area contributed by atoms with Crippen LogP contribution in [0.5, 0.6) is 0 Å². The molecule has 1 atom stereocenters. The number of piperidine rings is 1. The van der Waals surface area contributed by atoms with Crippen LogP contribution >= 0.6 is 11.3 Å². The molecule has 1 aliphatic rings. The minimum atomic E-state index is -0.536. The molecule has 8 heteroatoms. The van der Waals surface area contributed by atoms with Crippen LogP contribution < -0.4 is 0 Å². The van der Waals surface area contributed by atoms with Crippen LogP contribution in [0.1, 0.15) is 61.6 Å². The first-order valence-corrected chi connectivity index (χ1v) is 10.2. The van der Waals surface area contributed by atoms with Gasteiger partial charge in [-0.2, -0.15) is 0 Å². The number of likely N-dealkylation sites (tertiary alicyclic amines) is 1. The largest absolute Gasteiger partial charge is 0.464 e. The number of nitrogens with zero attached hydrogens (tertiary/aromatic N) is 3. The molecule has 0 radical (unpaired) electrons. The summed E-state index contributed by atoms with van der Waals surface area (Å²) in [5.74, 6) is -0.485. The number of carbonyl (C=O) groups excluding carboxylic acids is 2. The number of hydrogen-bond acceptors (Lipinski definition) is 7. The number of ether oxygens (including phenoxy) is 2. The molecule has 1 fully saturated rings. The van der Waals surface area contributed by atoms with Gasteiger partial charge < -0.3 is 9.47 Å². The van der Waals surface area contributed by atoms with Crippen LogP contribution in [0.3, 0.4) is 0 Å². The zero-order valence-corrected chi connectivity index (χ0v) is 17.4. The molecule has 0 spiro atoms. The number of rotatable bonds is 3. The summed E-state index contributed by atoms with van der Waals surface area (Å²) in [6.45, 7) is 6.26. The Morgan fingerprint density at radius 1 is 1.18 bits per heavy atom. The van der Waals surface area contributed by atoms with Crippen molar-refractivity contribution in [2.45, 2.75) is 51.7 Å². The lowest BCUT2D eigenvalue weighted by molar-refractivity contribution is 0.00948. The number of pyridine rings is 1. The minimum Gasteiger partial charge on any atom is -0.464 e. The number of esters is 1. The smallest absolute Gasteiger partial charge is 0.410 e. The number of amides is 1. The molecule has 7 nitrogen and oxygen atoms in total. The lowest BCUT2D eigenvalue weighted by atomic mass is 10.0. The van der Waals surface area contributed by atoms with Crippen LogP contribution in [0.2, 0.25) is 0 Å². The Hall–Kier alpha value is -2.48. The lowest BCUT2D eigenvalue weighted by Gasteiger charge is -2.35. The zero-order chi connectivity index (χ0) is 20.3. The van der Waals surface area contributed by atoms with Crippen LogP contribution in [0, 0.1) is 0 Å². The monoisotopic (exact) mass is 403 g/mol. The molecule has 28 heavy (non-hydrogen) atoms. The summed E-state index contributed by atoms with van der Waals surface area (Å²) in [5, 5.41) is 2.76. The molecule has 2 aromatic rings. The van der Waals surface area contributed by atoms with Crippen molar-refractivity contribution in [3.8, 4) is 11.4 Å². The molecule has 150 valence electrons. The lowest BCUT2D eigenvalue weighted by Crippen LogP contribution is -2.41. The first-order valence-electron chi connectivity index (χ1n) is 9.29. The van der Waals surface area contributed by atoms with Gasteiger partial charge in [-0.25, -0.2) is 19.6 Å². The van der Waals surface area contributed by atoms with Gasteiger partial charge in [0, 0.05) is 11.9 Å². The number of carbonyl (C=O) groups is 2. The van der Waals surface area contributed by atoms with Crippen LogP contribution in [-0.2, 0) is 9.47 Å². The average Bonchev–Trinajstić information content (AvgIpc) is 3.16. The highest BCUT2D eigenvalue weighted by molar-refractivity contribution is 7.10. The summed E-state index contributed by atoms with van der Waals surface area (Å²) in [7, 11) is 1.33. The molecule has 1 unspecified atom stereocenters. The molecule has 0 aromatic carbocycles. The number of methoxy groups -OCH3 is 1. The summed E-state index contributed by atoms with van der Waals surface area (Å²) in [6, 6.07) is 5.05. The Kier molecular flexibility index (Phi) is 5.98. The van der Waals surface area contributed by atoms with Gasteiger partial charge in [-0.15, -0.1) is 11.3 Å². The van der Waals surface area contributed by atoms with E-state index in [1.165, 1.54) is 18.4 Å². The van der Waals surface area contributed by atoms with Crippen molar-refractivity contribution < 1.29 is 19.1 Å². The van der Waals surface area contributed by atoms with Crippen molar-refractivity contribution in [2.24, 2.45) is 0 Å². The first kappa shape index (κ1) is 20.3. The van der Waals surface area contributed by atoms with E-state index in [0.29, 0.717) is 17.9 Å². The maximum Gasteiger partial charge on any atom is 0.410 e. The van der Waals surface area contributed by atoms with Crippen molar-refractivity contribution in [1.82, 2.24) is 14.9 Å². The highest BCUT2D eigenvalue weighted by Gasteiger charge is 2.33. The van der Waals surface area contributed by atoms with Gasteiger partial charge in [0.2, 0.25) is 0 Å². The maximum atomic E-state index is 12.6. The maximum absolute atomic E-state index is 12.6. The molecule has 0 saturated carbocycles. The Balaban J connectivity index is 1.83. The summed E-state index contributed by atoms with van der Waals surface area (Å²) < 4.78 is 10.3. The molecule has 0 bridgehead atoms. The topological polar surface area (TPSA) is 81.6 Å². The molecule has 3 heterocycles. The molecule has 3 rings (SSSR count). The van der Waals surface area contributed by atoms with Gasteiger partial charge in [0.05, 0.1) is 24.5 Å². The van der Waals surface area contributed by atoms with Gasteiger partial charge in [-0.05, 0) is 52.2 Å².